The lowest BCUT2D eigenvalue weighted by atomic mass is 9.90. The van der Waals surface area contributed by atoms with Crippen molar-refractivity contribution >= 4 is 34.5 Å². The molecule has 12 nitrogen and oxygen atoms in total. The number of amides is 1. The number of carbonyl (C=O) groups excluding carboxylic acids is 1. The number of rotatable bonds is 7. The Morgan fingerprint density at radius 1 is 1.20 bits per heavy atom. The minimum Gasteiger partial charge on any atom is -0.491 e. The smallest absolute Gasteiger partial charge is 0.410 e. The van der Waals surface area contributed by atoms with Gasteiger partial charge < -0.3 is 14.4 Å². The maximum atomic E-state index is 13.2. The summed E-state index contributed by atoms with van der Waals surface area (Å²) in [6.45, 7) is 9.32. The van der Waals surface area contributed by atoms with Crippen LogP contribution < -0.4 is 10.4 Å². The fourth-order valence-corrected chi connectivity index (χ4v) is 5.37. The van der Waals surface area contributed by atoms with Crippen LogP contribution in [0.4, 0.5) is 10.5 Å². The summed E-state index contributed by atoms with van der Waals surface area (Å²) in [5, 5.41) is 11.5. The second-order valence-corrected chi connectivity index (χ2v) is 11.5. The molecule has 1 fully saturated rings. The lowest BCUT2D eigenvalue weighted by molar-refractivity contribution is -0.385. The molecule has 1 aliphatic carbocycles. The number of fused-ring (bicyclic) bond motifs is 1. The Morgan fingerprint density at radius 3 is 2.50 bits per heavy atom. The zero-order chi connectivity index (χ0) is 29.4. The maximum Gasteiger partial charge on any atom is 0.410 e. The van der Waals surface area contributed by atoms with Gasteiger partial charge in [-0.1, -0.05) is 0 Å². The van der Waals surface area contributed by atoms with Gasteiger partial charge in [-0.2, -0.15) is 4.98 Å². The molecule has 1 aromatic carbocycles. The van der Waals surface area contributed by atoms with Crippen LogP contribution in [0.3, 0.4) is 0 Å². The second-order valence-electron chi connectivity index (χ2n) is 11.2. The second kappa shape index (κ2) is 11.4. The number of hydrogen-bond acceptors (Lipinski definition) is 8. The molecule has 40 heavy (non-hydrogen) atoms. The summed E-state index contributed by atoms with van der Waals surface area (Å²) < 4.78 is 14.8. The van der Waals surface area contributed by atoms with E-state index >= 15 is 0 Å². The zero-order valence-corrected chi connectivity index (χ0v) is 24.4. The highest BCUT2D eigenvalue weighted by atomic mass is 35.5. The highest BCUT2D eigenvalue weighted by Gasteiger charge is 2.33. The van der Waals surface area contributed by atoms with Crippen molar-refractivity contribution in [3.05, 3.63) is 55.3 Å². The van der Waals surface area contributed by atoms with E-state index in [1.165, 1.54) is 10.6 Å². The van der Waals surface area contributed by atoms with Crippen molar-refractivity contribution < 1.29 is 19.2 Å². The van der Waals surface area contributed by atoms with E-state index in [0.717, 1.165) is 5.56 Å². The number of aryl methyl sites for hydroxylation is 3. The first-order valence-corrected chi connectivity index (χ1v) is 13.6. The number of nitrogens with zero attached hydrogens (tertiary/aromatic N) is 6. The van der Waals surface area contributed by atoms with Crippen LogP contribution in [0.2, 0.25) is 5.28 Å². The molecule has 0 radical (unpaired) electrons. The van der Waals surface area contributed by atoms with Gasteiger partial charge in [0.2, 0.25) is 5.28 Å². The number of nitro groups is 1. The van der Waals surface area contributed by atoms with E-state index in [4.69, 9.17) is 21.1 Å². The van der Waals surface area contributed by atoms with Gasteiger partial charge in [-0.05, 0) is 83.5 Å². The summed E-state index contributed by atoms with van der Waals surface area (Å²) in [7, 11) is 1.68. The molecule has 4 rings (SSSR count). The Bertz CT molecular complexity index is 1490. The number of nitro benzene ring substituents is 1. The standard InChI is InChI=1S/C27H35ClN6O6/c1-16-13-17(2)22(14-20(16)34(37)38)39-12-11-32(26(36)40-27(3,4)5)18-7-9-19(10-8-18)33-23-21(31(6)25(33)35)15-29-24(28)30-23/h13-15,18-19H,7-12H2,1-6H3. The van der Waals surface area contributed by atoms with Crippen LogP contribution in [0.1, 0.15) is 63.6 Å². The van der Waals surface area contributed by atoms with Gasteiger partial charge in [0, 0.05) is 24.7 Å². The van der Waals surface area contributed by atoms with E-state index in [9.17, 15) is 19.7 Å². The Balaban J connectivity index is 1.50. The van der Waals surface area contributed by atoms with Crippen molar-refractivity contribution in [1.29, 1.82) is 0 Å². The molecule has 1 amide bonds. The normalized spacial score (nSPS) is 17.6. The summed E-state index contributed by atoms with van der Waals surface area (Å²) in [6, 6.07) is 2.90. The molecular weight excluding hydrogens is 540 g/mol. The zero-order valence-electron chi connectivity index (χ0n) is 23.6. The Morgan fingerprint density at radius 2 is 1.88 bits per heavy atom. The predicted octanol–water partition coefficient (Wildman–Crippen LogP) is 5.11. The van der Waals surface area contributed by atoms with Crippen LogP contribution in [0.5, 0.6) is 5.75 Å². The van der Waals surface area contributed by atoms with E-state index in [-0.39, 0.29) is 41.9 Å². The molecule has 2 aromatic heterocycles. The summed E-state index contributed by atoms with van der Waals surface area (Å²) in [6.07, 6.45) is 3.67. The van der Waals surface area contributed by atoms with Crippen LogP contribution in [0.25, 0.3) is 11.2 Å². The SMILES string of the molecule is Cc1cc(C)c([N+](=O)[O-])cc1OCCN(C(=O)OC(C)(C)C)C1CCC(n2c(=O)n(C)c3cnc(Cl)nc32)CC1. The van der Waals surface area contributed by atoms with Crippen LogP contribution in [-0.2, 0) is 11.8 Å². The number of imidazole rings is 1. The average Bonchev–Trinajstić information content (AvgIpc) is 3.10. The van der Waals surface area contributed by atoms with Crippen molar-refractivity contribution in [1.82, 2.24) is 24.0 Å². The Kier molecular flexibility index (Phi) is 8.38. The van der Waals surface area contributed by atoms with Gasteiger partial charge in [0.15, 0.2) is 5.65 Å². The summed E-state index contributed by atoms with van der Waals surface area (Å²) in [5.41, 5.74) is 1.55. The Labute approximate surface area is 237 Å². The van der Waals surface area contributed by atoms with E-state index in [1.807, 2.05) is 27.7 Å². The number of hydrogen-bond donors (Lipinski definition) is 0. The predicted molar refractivity (Wildman–Crippen MR) is 150 cm³/mol. The number of ether oxygens (including phenoxy) is 2. The van der Waals surface area contributed by atoms with Crippen molar-refractivity contribution in [3.8, 4) is 5.75 Å². The van der Waals surface area contributed by atoms with Gasteiger partial charge >= 0.3 is 11.8 Å². The molecule has 3 aromatic rings. The number of carbonyl (C=O) groups is 1. The third-order valence-corrected chi connectivity index (χ3v) is 7.37. The third-order valence-electron chi connectivity index (χ3n) is 7.18. The van der Waals surface area contributed by atoms with Crippen LogP contribution in [0.15, 0.2) is 23.1 Å². The van der Waals surface area contributed by atoms with Crippen molar-refractivity contribution in [2.24, 2.45) is 7.05 Å². The van der Waals surface area contributed by atoms with Crippen molar-refractivity contribution in [3.63, 3.8) is 0 Å². The molecule has 2 heterocycles. The quantitative estimate of drug-likeness (QED) is 0.216. The van der Waals surface area contributed by atoms with Gasteiger partial charge in [-0.25, -0.2) is 14.6 Å². The molecule has 0 spiro atoms. The first-order valence-electron chi connectivity index (χ1n) is 13.2. The van der Waals surface area contributed by atoms with Crippen molar-refractivity contribution in [2.75, 3.05) is 13.2 Å². The van der Waals surface area contributed by atoms with Gasteiger partial charge in [0.1, 0.15) is 23.5 Å². The van der Waals surface area contributed by atoms with Crippen LogP contribution >= 0.6 is 11.6 Å². The van der Waals surface area contributed by atoms with E-state index in [2.05, 4.69) is 9.97 Å². The van der Waals surface area contributed by atoms with E-state index in [1.54, 1.807) is 35.7 Å². The molecule has 13 heteroatoms. The molecule has 1 saturated carbocycles. The molecule has 216 valence electrons. The fraction of sp³-hybridized carbons (Fsp3) is 0.556. The lowest BCUT2D eigenvalue weighted by Gasteiger charge is -2.37. The van der Waals surface area contributed by atoms with Gasteiger partial charge in [-0.15, -0.1) is 0 Å². The number of benzene rings is 1. The minimum absolute atomic E-state index is 0.0156. The summed E-state index contributed by atoms with van der Waals surface area (Å²) >= 11 is 6.03. The molecular formula is C27H35ClN6O6. The van der Waals surface area contributed by atoms with Crippen molar-refractivity contribution in [2.45, 2.75) is 78.0 Å². The summed E-state index contributed by atoms with van der Waals surface area (Å²) in [5.74, 6) is 0.404. The molecule has 0 atom stereocenters. The number of aromatic nitrogens is 4. The fourth-order valence-electron chi connectivity index (χ4n) is 5.24. The molecule has 0 N–H and O–H groups in total. The van der Waals surface area contributed by atoms with Gasteiger partial charge in [0.25, 0.3) is 5.69 Å². The van der Waals surface area contributed by atoms with Crippen LogP contribution in [-0.4, -0.2) is 59.8 Å². The molecule has 1 aliphatic rings. The molecule has 0 saturated heterocycles. The van der Waals surface area contributed by atoms with E-state index in [0.29, 0.717) is 48.2 Å². The highest BCUT2D eigenvalue weighted by Crippen LogP contribution is 2.33. The van der Waals surface area contributed by atoms with Gasteiger partial charge in [0.05, 0.1) is 23.7 Å². The maximum absolute atomic E-state index is 13.2. The molecule has 0 unspecified atom stereocenters. The monoisotopic (exact) mass is 574 g/mol. The lowest BCUT2D eigenvalue weighted by Crippen LogP contribution is -2.47. The first kappa shape index (κ1) is 29.3. The molecule has 0 aliphatic heterocycles. The Hall–Kier alpha value is -3.67. The first-order chi connectivity index (χ1) is 18.8. The number of halogens is 1. The van der Waals surface area contributed by atoms with E-state index < -0.39 is 16.6 Å². The highest BCUT2D eigenvalue weighted by molar-refractivity contribution is 6.28. The topological polar surface area (TPSA) is 135 Å². The van der Waals surface area contributed by atoms with Gasteiger partial charge in [-0.3, -0.25) is 19.2 Å². The molecule has 0 bridgehead atoms. The minimum atomic E-state index is -0.684. The summed E-state index contributed by atoms with van der Waals surface area (Å²) in [4.78, 5) is 47.2. The average molecular weight is 575 g/mol. The largest absolute Gasteiger partial charge is 0.491 e. The third kappa shape index (κ3) is 6.22. The van der Waals surface area contributed by atoms with Crippen LogP contribution in [0, 0.1) is 24.0 Å².